The first-order valence-corrected chi connectivity index (χ1v) is 7.64. The predicted molar refractivity (Wildman–Crippen MR) is 93.0 cm³/mol. The number of nitrogens with one attached hydrogen (secondary N) is 2. The Morgan fingerprint density at radius 3 is 2.46 bits per heavy atom. The van der Waals surface area contributed by atoms with Crippen LogP contribution in [0, 0.1) is 6.92 Å². The summed E-state index contributed by atoms with van der Waals surface area (Å²) in [5.74, 6) is 4.80. The van der Waals surface area contributed by atoms with E-state index in [-0.39, 0.29) is 5.91 Å². The fourth-order valence-corrected chi connectivity index (χ4v) is 2.17. The third kappa shape index (κ3) is 4.24. The molecular formula is C17H18ClN3O3. The molecule has 1 atom stereocenters. The number of carbonyl (C=O) groups excluding carboxylic acids is 2. The van der Waals surface area contributed by atoms with Crippen LogP contribution in [0.15, 0.2) is 42.5 Å². The van der Waals surface area contributed by atoms with Gasteiger partial charge in [0.25, 0.3) is 11.8 Å². The van der Waals surface area contributed by atoms with Crippen molar-refractivity contribution < 1.29 is 14.3 Å². The van der Waals surface area contributed by atoms with Gasteiger partial charge in [0.15, 0.2) is 6.10 Å². The largest absolute Gasteiger partial charge is 0.481 e. The summed E-state index contributed by atoms with van der Waals surface area (Å²) in [5.41, 5.74) is 3.92. The summed E-state index contributed by atoms with van der Waals surface area (Å²) < 4.78 is 5.41. The number of rotatable bonds is 5. The van der Waals surface area contributed by atoms with E-state index in [1.807, 2.05) is 12.3 Å². The number of hydrogen-bond donors (Lipinski definition) is 3. The summed E-state index contributed by atoms with van der Waals surface area (Å²) in [4.78, 5) is 23.6. The molecule has 2 amide bonds. The second kappa shape index (κ2) is 7.81. The molecule has 4 N–H and O–H groups in total. The topological polar surface area (TPSA) is 93.4 Å². The van der Waals surface area contributed by atoms with Crippen molar-refractivity contribution in [2.75, 3.05) is 5.32 Å². The number of hydrogen-bond acceptors (Lipinski definition) is 4. The van der Waals surface area contributed by atoms with E-state index in [4.69, 9.17) is 22.2 Å². The molecule has 2 aromatic carbocycles. The lowest BCUT2D eigenvalue weighted by Crippen LogP contribution is -2.40. The van der Waals surface area contributed by atoms with Crippen LogP contribution in [0.3, 0.4) is 0 Å². The van der Waals surface area contributed by atoms with E-state index in [1.165, 1.54) is 0 Å². The number of hydrazine groups is 1. The van der Waals surface area contributed by atoms with Gasteiger partial charge in [0, 0.05) is 16.3 Å². The number of amides is 2. The summed E-state index contributed by atoms with van der Waals surface area (Å²) >= 11 is 6.04. The van der Waals surface area contributed by atoms with E-state index in [2.05, 4.69) is 5.32 Å². The SMILES string of the molecule is Cc1c(Cl)cccc1NC(=O)c1ccc(OC(C)C(=O)NN)cc1. The van der Waals surface area contributed by atoms with Crippen molar-refractivity contribution in [3.63, 3.8) is 0 Å². The smallest absolute Gasteiger partial charge is 0.274 e. The molecule has 0 aliphatic rings. The van der Waals surface area contributed by atoms with E-state index in [0.717, 1.165) is 5.56 Å². The molecule has 0 aliphatic heterocycles. The summed E-state index contributed by atoms with van der Waals surface area (Å²) in [6.45, 7) is 3.41. The molecule has 0 fully saturated rings. The molecule has 2 aromatic rings. The standard InChI is InChI=1S/C17H18ClN3O3/c1-10-14(18)4-3-5-15(10)20-17(23)12-6-8-13(9-7-12)24-11(2)16(22)21-19/h3-9,11H,19H2,1-2H3,(H,20,23)(H,21,22). The molecule has 6 nitrogen and oxygen atoms in total. The molecule has 1 unspecified atom stereocenters. The van der Waals surface area contributed by atoms with Crippen molar-refractivity contribution in [2.24, 2.45) is 5.84 Å². The van der Waals surface area contributed by atoms with Gasteiger partial charge in [-0.25, -0.2) is 5.84 Å². The van der Waals surface area contributed by atoms with Crippen LogP contribution in [0.25, 0.3) is 0 Å². The first-order valence-electron chi connectivity index (χ1n) is 7.26. The minimum Gasteiger partial charge on any atom is -0.481 e. The average molecular weight is 348 g/mol. The highest BCUT2D eigenvalue weighted by atomic mass is 35.5. The Hall–Kier alpha value is -2.57. The molecule has 0 saturated carbocycles. The third-order valence-corrected chi connectivity index (χ3v) is 3.87. The zero-order valence-electron chi connectivity index (χ0n) is 13.3. The maximum Gasteiger partial charge on any atom is 0.274 e. The Labute approximate surface area is 144 Å². The molecular weight excluding hydrogens is 330 g/mol. The van der Waals surface area contributed by atoms with Gasteiger partial charge >= 0.3 is 0 Å². The number of ether oxygens (including phenoxy) is 1. The Kier molecular flexibility index (Phi) is 5.78. The minimum atomic E-state index is -0.733. The maximum absolute atomic E-state index is 12.3. The maximum atomic E-state index is 12.3. The van der Waals surface area contributed by atoms with Crippen LogP contribution in [0.2, 0.25) is 5.02 Å². The summed E-state index contributed by atoms with van der Waals surface area (Å²) in [6, 6.07) is 11.8. The predicted octanol–water partition coefficient (Wildman–Crippen LogP) is 2.66. The molecule has 7 heteroatoms. The van der Waals surface area contributed by atoms with E-state index < -0.39 is 12.0 Å². The van der Waals surface area contributed by atoms with Gasteiger partial charge < -0.3 is 10.1 Å². The Bertz CT molecular complexity index is 747. The van der Waals surface area contributed by atoms with Gasteiger partial charge in [-0.1, -0.05) is 17.7 Å². The number of anilines is 1. The normalized spacial score (nSPS) is 11.5. The third-order valence-electron chi connectivity index (χ3n) is 3.46. The van der Waals surface area contributed by atoms with Crippen LogP contribution >= 0.6 is 11.6 Å². The monoisotopic (exact) mass is 347 g/mol. The zero-order chi connectivity index (χ0) is 17.7. The van der Waals surface area contributed by atoms with E-state index in [1.54, 1.807) is 49.4 Å². The van der Waals surface area contributed by atoms with Gasteiger partial charge in [-0.15, -0.1) is 0 Å². The highest BCUT2D eigenvalue weighted by Gasteiger charge is 2.14. The summed E-state index contributed by atoms with van der Waals surface area (Å²) in [5, 5.41) is 3.40. The van der Waals surface area contributed by atoms with Gasteiger partial charge in [-0.05, 0) is 55.8 Å². The van der Waals surface area contributed by atoms with Crippen LogP contribution < -0.4 is 21.3 Å². The Balaban J connectivity index is 2.06. The van der Waals surface area contributed by atoms with Crippen LogP contribution in [0.4, 0.5) is 5.69 Å². The number of halogens is 1. The van der Waals surface area contributed by atoms with Gasteiger partial charge in [0.1, 0.15) is 5.75 Å². The Morgan fingerprint density at radius 2 is 1.83 bits per heavy atom. The summed E-state index contributed by atoms with van der Waals surface area (Å²) in [7, 11) is 0. The molecule has 126 valence electrons. The lowest BCUT2D eigenvalue weighted by molar-refractivity contribution is -0.127. The zero-order valence-corrected chi connectivity index (χ0v) is 14.1. The minimum absolute atomic E-state index is 0.264. The average Bonchev–Trinajstić information content (AvgIpc) is 2.58. The number of benzene rings is 2. The molecule has 2 rings (SSSR count). The van der Waals surface area contributed by atoms with Crippen molar-refractivity contribution in [3.05, 3.63) is 58.6 Å². The molecule has 0 heterocycles. The molecule has 0 aromatic heterocycles. The van der Waals surface area contributed by atoms with E-state index in [0.29, 0.717) is 22.0 Å². The fourth-order valence-electron chi connectivity index (χ4n) is 2.00. The van der Waals surface area contributed by atoms with Gasteiger partial charge in [0.05, 0.1) is 0 Å². The highest BCUT2D eigenvalue weighted by Crippen LogP contribution is 2.23. The lowest BCUT2D eigenvalue weighted by atomic mass is 10.1. The summed E-state index contributed by atoms with van der Waals surface area (Å²) in [6.07, 6.45) is -0.733. The number of carbonyl (C=O) groups is 2. The first kappa shape index (κ1) is 17.8. The van der Waals surface area contributed by atoms with Crippen LogP contribution in [-0.4, -0.2) is 17.9 Å². The quantitative estimate of drug-likeness (QED) is 0.440. The second-order valence-corrected chi connectivity index (χ2v) is 5.57. The van der Waals surface area contributed by atoms with Crippen LogP contribution in [0.1, 0.15) is 22.8 Å². The van der Waals surface area contributed by atoms with E-state index in [9.17, 15) is 9.59 Å². The molecule has 0 spiro atoms. The van der Waals surface area contributed by atoms with Gasteiger partial charge in [-0.3, -0.25) is 15.0 Å². The van der Waals surface area contributed by atoms with Crippen molar-refractivity contribution in [1.29, 1.82) is 0 Å². The second-order valence-electron chi connectivity index (χ2n) is 5.16. The van der Waals surface area contributed by atoms with Crippen molar-refractivity contribution in [2.45, 2.75) is 20.0 Å². The fraction of sp³-hybridized carbons (Fsp3) is 0.176. The van der Waals surface area contributed by atoms with Crippen LogP contribution in [0.5, 0.6) is 5.75 Å². The molecule has 0 aliphatic carbocycles. The molecule has 0 saturated heterocycles. The van der Waals surface area contributed by atoms with Crippen molar-refractivity contribution in [3.8, 4) is 5.75 Å². The lowest BCUT2D eigenvalue weighted by Gasteiger charge is -2.13. The van der Waals surface area contributed by atoms with Crippen molar-refractivity contribution >= 4 is 29.1 Å². The van der Waals surface area contributed by atoms with Crippen molar-refractivity contribution in [1.82, 2.24) is 5.43 Å². The van der Waals surface area contributed by atoms with Crippen LogP contribution in [-0.2, 0) is 4.79 Å². The van der Waals surface area contributed by atoms with E-state index >= 15 is 0 Å². The highest BCUT2D eigenvalue weighted by molar-refractivity contribution is 6.31. The number of nitrogens with two attached hydrogens (primary N) is 1. The Morgan fingerprint density at radius 1 is 1.17 bits per heavy atom. The molecule has 0 bridgehead atoms. The molecule has 0 radical (unpaired) electrons. The first-order chi connectivity index (χ1) is 11.4. The van der Waals surface area contributed by atoms with Gasteiger partial charge in [-0.2, -0.15) is 0 Å². The van der Waals surface area contributed by atoms with Gasteiger partial charge in [0.2, 0.25) is 0 Å². The molecule has 24 heavy (non-hydrogen) atoms.